The average molecular weight is 1940 g/mol. The number of terminal acetylenes is 2. The molecule has 0 radical (unpaired) electrons. The Morgan fingerprint density at radius 1 is 0.306 bits per heavy atom. The second-order valence-corrected chi connectivity index (χ2v) is 33.8. The third-order valence-electron chi connectivity index (χ3n) is 18.8. The summed E-state index contributed by atoms with van der Waals surface area (Å²) in [6.45, 7) is 20.1. The van der Waals surface area contributed by atoms with Gasteiger partial charge in [-0.1, -0.05) is 120 Å². The maximum absolute atomic E-state index is 12.9. The first-order valence-electron chi connectivity index (χ1n) is 43.6. The number of nitrogens with two attached hydrogens (primary N) is 7. The van der Waals surface area contributed by atoms with E-state index in [2.05, 4.69) is 142 Å². The molecule has 10 rings (SSSR count). The first kappa shape index (κ1) is 117. The number of hydrogen-bond acceptors (Lipinski definition) is 24. The zero-order valence-electron chi connectivity index (χ0n) is 82.9. The number of esters is 5. The molecule has 0 spiro atoms. The maximum atomic E-state index is 12.9. The van der Waals surface area contributed by atoms with Crippen LogP contribution in [0.5, 0.6) is 0 Å². The Morgan fingerprint density at radius 2 is 0.556 bits per heavy atom. The van der Waals surface area contributed by atoms with Crippen LogP contribution in [0.25, 0.3) is 0 Å². The second-order valence-electron chi connectivity index (χ2n) is 33.8. The highest BCUT2D eigenvalue weighted by Crippen LogP contribution is 2.20. The highest BCUT2D eigenvalue weighted by atomic mass is 16.6. The first-order chi connectivity index (χ1) is 68.0. The molecule has 10 aromatic rings. The summed E-state index contributed by atoms with van der Waals surface area (Å²) < 4.78 is 33.6. The number of aromatic carboxylic acids is 1. The van der Waals surface area contributed by atoms with E-state index in [1.165, 1.54) is 47.7 Å². The monoisotopic (exact) mass is 1940 g/mol. The van der Waals surface area contributed by atoms with E-state index in [9.17, 15) is 47.9 Å². The molecule has 10 aromatic carbocycles. The number of nitrogens with one attached hydrogen (secondary N) is 4. The van der Waals surface area contributed by atoms with Crippen molar-refractivity contribution in [3.63, 3.8) is 0 Å². The Hall–Kier alpha value is -19.0. The third-order valence-corrected chi connectivity index (χ3v) is 18.8. The van der Waals surface area contributed by atoms with Gasteiger partial charge in [0, 0.05) is 101 Å². The molecule has 144 heavy (non-hydrogen) atoms. The van der Waals surface area contributed by atoms with Gasteiger partial charge in [-0.25, -0.2) is 33.6 Å². The number of rotatable bonds is 15. The van der Waals surface area contributed by atoms with Crippen LogP contribution in [0.3, 0.4) is 0 Å². The molecule has 29 heteroatoms. The van der Waals surface area contributed by atoms with Crippen LogP contribution in [-0.4, -0.2) is 146 Å². The van der Waals surface area contributed by atoms with Crippen LogP contribution < -0.4 is 61.4 Å². The normalized spacial score (nSPS) is 10.5. The SMILES string of the molecule is C#Cc1ccc(C(=O)OC)cc1.C#Cc1ccccc1N.COC(=O)[C@@H](N)C(C)(C)NC(=O)OC(C)(C)C.COC(=O)[C@@H](NC(=O)c1ccc(C#CC#Cc2ccccc2N)cc1)C(C)(C)N.COC(=O)[C@@H](NC(=O)c1ccc(C#CC#Cc2ccccc2N)cc1)C(C)(C)NC(=O)OC(C)(C)C.COC(=O)c1ccc(C#CC#Cc2ccccc2N)cc1.Nc1ccccc1C#CC#Cc1ccc(C(=O)O)cc1. The molecule has 19 N–H and O–H groups in total. The third kappa shape index (κ3) is 43.2. The van der Waals surface area contributed by atoms with Crippen molar-refractivity contribution in [3.8, 4) is 119 Å². The summed E-state index contributed by atoms with van der Waals surface area (Å²) >= 11 is 0. The first-order valence-corrected chi connectivity index (χ1v) is 43.6. The number of methoxy groups -OCH3 is 5. The van der Waals surface area contributed by atoms with Gasteiger partial charge in [-0.05, 0) is 312 Å². The number of amides is 4. The zero-order valence-corrected chi connectivity index (χ0v) is 82.9. The van der Waals surface area contributed by atoms with Crippen molar-refractivity contribution < 1.29 is 86.2 Å². The fraction of sp³-hybridized carbons (Fsp3) is 0.217. The standard InChI is InChI=1S/C28H31N3O5.C23H23N3O3.C18H13NO2.C17H11NO2.C11H22N2O4.C10H8O2.C8H7N/c1-27(2,3)36-26(34)31-28(4,5)23(25(33)35-6)30-24(32)21-17-15-19(16-18-21)11-7-8-12-20-13-9-10-14-22(20)29;1-23(2,25)20(22(28)29-3)26-21(27)18-14-12-16(13-15-18)8-4-5-9-17-10-6-7-11-19(17)24;1-21-18(20)16-12-10-14(11-13-16)6-2-3-7-15-8-4-5-9-17(15)19;18-16-8-4-3-7-14(16)6-2-1-5-13-9-11-15(12-10-13)17(19)20;1-10(2,3)17-9(15)13-11(4,5)7(12)8(14)16-6;1-3-8-4-6-9(7-5-8)10(11)12-2;1-2-7-5-3-4-6-8(7)9/h9-10,13-18,23H,29H2,1-6H3,(H,30,32)(H,31,34);6-7,10-15,20H,24-25H2,1-3H3,(H,26,27);4-5,8-13H,19H2,1H3;3-4,7-12H,18H2,(H,19,20);7H,12H2,1-6H3,(H,13,15);1,4-7H,2H3;1,3-6H,9H2/t23-;20-;;;7-;;/m11..1../s1. The number of carboxylic acid groups (broad SMARTS) is 1. The van der Waals surface area contributed by atoms with Crippen LogP contribution in [0.15, 0.2) is 243 Å². The van der Waals surface area contributed by atoms with Crippen molar-refractivity contribution in [2.24, 2.45) is 11.5 Å². The van der Waals surface area contributed by atoms with Gasteiger partial charge in [0.05, 0.1) is 63.3 Å². The Balaban J connectivity index is 0.000000363. The number of hydrogen-bond donors (Lipinski definition) is 12. The van der Waals surface area contributed by atoms with Crippen LogP contribution in [-0.2, 0) is 47.5 Å². The summed E-state index contributed by atoms with van der Waals surface area (Å²) in [6, 6.07) is 66.3. The quantitative estimate of drug-likeness (QED) is 0.0196. The molecule has 738 valence electrons. The fourth-order valence-electron chi connectivity index (χ4n) is 11.1. The summed E-state index contributed by atoms with van der Waals surface area (Å²) in [6.07, 6.45) is 8.91. The van der Waals surface area contributed by atoms with Gasteiger partial charge in [-0.3, -0.25) is 14.4 Å². The number of carboxylic acids is 1. The molecule has 0 aliphatic rings. The molecule has 0 saturated heterocycles. The topological polar surface area (TPSA) is 486 Å². The predicted molar refractivity (Wildman–Crippen MR) is 559 cm³/mol. The Labute approximate surface area is 841 Å². The van der Waals surface area contributed by atoms with Gasteiger partial charge in [0.15, 0.2) is 0 Å². The summed E-state index contributed by atoms with van der Waals surface area (Å²) in [4.78, 5) is 118. The van der Waals surface area contributed by atoms with E-state index in [-0.39, 0.29) is 17.5 Å². The maximum Gasteiger partial charge on any atom is 0.408 e. The molecule has 0 saturated carbocycles. The van der Waals surface area contributed by atoms with Crippen molar-refractivity contribution in [3.05, 3.63) is 326 Å². The summed E-state index contributed by atoms with van der Waals surface area (Å²) in [5.74, 6) is 45.5. The van der Waals surface area contributed by atoms with Gasteiger partial charge in [0.25, 0.3) is 11.8 Å². The minimum absolute atomic E-state index is 0.235. The number of carbonyl (C=O) groups excluding carboxylic acids is 9. The summed E-state index contributed by atoms with van der Waals surface area (Å²) in [5, 5.41) is 19.2. The van der Waals surface area contributed by atoms with Crippen LogP contribution >= 0.6 is 0 Å². The van der Waals surface area contributed by atoms with Crippen molar-refractivity contribution in [1.82, 2.24) is 21.3 Å². The van der Waals surface area contributed by atoms with Gasteiger partial charge in [-0.2, -0.15) is 0 Å². The predicted octanol–water partition coefficient (Wildman–Crippen LogP) is 13.3. The van der Waals surface area contributed by atoms with Gasteiger partial charge in [0.1, 0.15) is 29.3 Å². The van der Waals surface area contributed by atoms with E-state index in [0.717, 1.165) is 33.4 Å². The Bertz CT molecular complexity index is 6820. The van der Waals surface area contributed by atoms with E-state index in [4.69, 9.17) is 77.0 Å². The number of para-hydroxylation sites is 5. The van der Waals surface area contributed by atoms with Crippen molar-refractivity contribution >= 4 is 88.3 Å². The highest BCUT2D eigenvalue weighted by Gasteiger charge is 2.41. The molecule has 0 aromatic heterocycles. The Morgan fingerprint density at radius 3 is 0.806 bits per heavy atom. The van der Waals surface area contributed by atoms with E-state index in [0.29, 0.717) is 72.9 Å². The summed E-state index contributed by atoms with van der Waals surface area (Å²) in [7, 11) is 6.38. The molecule has 0 unspecified atom stereocenters. The van der Waals surface area contributed by atoms with Gasteiger partial charge in [0.2, 0.25) is 0 Å². The molecule has 29 nitrogen and oxygen atoms in total. The van der Waals surface area contributed by atoms with Gasteiger partial charge >= 0.3 is 48.0 Å². The number of alkyl carbamates (subject to hydrolysis) is 2. The number of ether oxygens (including phenoxy) is 7. The second kappa shape index (κ2) is 58.6. The van der Waals surface area contributed by atoms with E-state index >= 15 is 0 Å². The van der Waals surface area contributed by atoms with Crippen molar-refractivity contribution in [1.29, 1.82) is 0 Å². The Kier molecular flexibility index (Phi) is 47.7. The molecule has 0 bridgehead atoms. The summed E-state index contributed by atoms with van der Waals surface area (Å²) in [5.41, 5.74) is 48.1. The lowest BCUT2D eigenvalue weighted by Crippen LogP contribution is -2.62. The van der Waals surface area contributed by atoms with E-state index < -0.39 is 93.8 Å². The van der Waals surface area contributed by atoms with E-state index in [1.54, 1.807) is 223 Å². The van der Waals surface area contributed by atoms with Crippen LogP contribution in [0.1, 0.15) is 191 Å². The van der Waals surface area contributed by atoms with Crippen LogP contribution in [0, 0.1) is 119 Å². The molecule has 4 amide bonds. The average Bonchev–Trinajstić information content (AvgIpc) is 0.809. The van der Waals surface area contributed by atoms with Crippen molar-refractivity contribution in [2.45, 2.75) is 129 Å². The lowest BCUT2D eigenvalue weighted by Gasteiger charge is -2.34. The smallest absolute Gasteiger partial charge is 0.408 e. The van der Waals surface area contributed by atoms with E-state index in [1.807, 2.05) is 91.0 Å². The minimum Gasteiger partial charge on any atom is -0.478 e. The molecular weight excluding hydrogens is 1820 g/mol. The van der Waals surface area contributed by atoms with Crippen molar-refractivity contribution in [2.75, 3.05) is 64.2 Å². The fourth-order valence-corrected chi connectivity index (χ4v) is 11.1. The van der Waals surface area contributed by atoms with Crippen LogP contribution in [0.4, 0.5) is 38.0 Å². The van der Waals surface area contributed by atoms with Gasteiger partial charge in [-0.15, -0.1) is 12.8 Å². The minimum atomic E-state index is -1.21. The lowest BCUT2D eigenvalue weighted by atomic mass is 9.94. The lowest BCUT2D eigenvalue weighted by molar-refractivity contribution is -0.145. The number of nitrogen functional groups attached to an aromatic ring is 5. The molecule has 0 aliphatic heterocycles. The molecule has 0 fully saturated rings. The number of anilines is 5. The largest absolute Gasteiger partial charge is 0.478 e. The zero-order chi connectivity index (χ0) is 107. The van der Waals surface area contributed by atoms with Crippen LogP contribution in [0.2, 0.25) is 0 Å². The molecular formula is C115H115N11O18. The molecule has 0 heterocycles. The highest BCUT2D eigenvalue weighted by molar-refractivity contribution is 5.99. The van der Waals surface area contributed by atoms with Gasteiger partial charge < -0.3 is 99.7 Å². The number of benzene rings is 10. The number of carbonyl (C=O) groups is 10. The molecule has 0 aliphatic carbocycles. The molecule has 3 atom stereocenters.